The maximum Gasteiger partial charge on any atom is 0.0941 e. The van der Waals surface area contributed by atoms with E-state index in [1.54, 1.807) is 18.2 Å². The second kappa shape index (κ2) is 17.6. The van der Waals surface area contributed by atoms with E-state index in [-0.39, 0.29) is 0 Å². The van der Waals surface area contributed by atoms with Crippen molar-refractivity contribution in [3.8, 4) is 0 Å². The fraction of sp³-hybridized carbons (Fsp3) is 0.250. The Kier molecular flexibility index (Phi) is 13.3. The van der Waals surface area contributed by atoms with Gasteiger partial charge in [0.05, 0.1) is 5.60 Å². The Morgan fingerprint density at radius 1 is 0.633 bits per heavy atom. The Balaban J connectivity index is 0.000000191. The first-order valence-corrected chi connectivity index (χ1v) is 17.9. The van der Waals surface area contributed by atoms with E-state index in [4.69, 9.17) is 57.9 Å². The largest absolute Gasteiger partial charge is 0.398 e. The molecule has 0 unspecified atom stereocenters. The zero-order chi connectivity index (χ0) is 34.8. The van der Waals surface area contributed by atoms with E-state index in [0.29, 0.717) is 23.6 Å². The van der Waals surface area contributed by atoms with Crippen LogP contribution >= 0.6 is 46.4 Å². The minimum atomic E-state index is -0.897. The highest BCUT2D eigenvalue weighted by atomic mass is 35.5. The second-order valence-electron chi connectivity index (χ2n) is 12.4. The van der Waals surface area contributed by atoms with Crippen LogP contribution in [0.1, 0.15) is 41.5 Å². The van der Waals surface area contributed by atoms with Gasteiger partial charge in [-0.3, -0.25) is 9.80 Å². The predicted molar refractivity (Wildman–Crippen MR) is 211 cm³/mol. The molecule has 2 aliphatic heterocycles. The molecule has 0 atom stereocenters. The SMILES string of the molecule is Nc1ccc(Cl)cc1C1(O)CCN(C/C=C/c2ccc(Cl)cc2)CC1.Nc1ccc(Cl)cc1C1=CCN(C/C=C/c2ccc(Cl)cc2)CC1. The maximum absolute atomic E-state index is 11.0. The predicted octanol–water partition coefficient (Wildman–Crippen LogP) is 9.95. The van der Waals surface area contributed by atoms with Gasteiger partial charge in [0.25, 0.3) is 0 Å². The van der Waals surface area contributed by atoms with Crippen molar-refractivity contribution in [3.63, 3.8) is 0 Å². The molecular formula is C40H42Cl4N4O. The molecule has 2 heterocycles. The maximum atomic E-state index is 11.0. The molecule has 49 heavy (non-hydrogen) atoms. The number of rotatable bonds is 8. The normalized spacial score (nSPS) is 16.8. The minimum absolute atomic E-state index is 0.600. The molecule has 0 radical (unpaired) electrons. The number of piperidine rings is 1. The number of nitrogen functional groups attached to an aromatic ring is 2. The second-order valence-corrected chi connectivity index (χ2v) is 14.2. The zero-order valence-corrected chi connectivity index (χ0v) is 30.4. The third-order valence-electron chi connectivity index (χ3n) is 8.94. The summed E-state index contributed by atoms with van der Waals surface area (Å²) in [6.45, 7) is 5.34. The molecule has 2 aliphatic rings. The van der Waals surface area contributed by atoms with Crippen molar-refractivity contribution >= 4 is 75.5 Å². The van der Waals surface area contributed by atoms with Crippen LogP contribution in [0, 0.1) is 0 Å². The number of halogens is 4. The van der Waals surface area contributed by atoms with Crippen LogP contribution in [-0.4, -0.2) is 54.2 Å². The van der Waals surface area contributed by atoms with Gasteiger partial charge in [0.2, 0.25) is 0 Å². The number of nitrogens with zero attached hydrogens (tertiary/aromatic N) is 2. The van der Waals surface area contributed by atoms with Gasteiger partial charge in [0, 0.05) is 81.9 Å². The van der Waals surface area contributed by atoms with Crippen LogP contribution < -0.4 is 11.5 Å². The number of aliphatic hydroxyl groups is 1. The summed E-state index contributed by atoms with van der Waals surface area (Å²) < 4.78 is 0. The number of nitrogens with two attached hydrogens (primary N) is 2. The third-order valence-corrected chi connectivity index (χ3v) is 9.92. The molecule has 0 saturated carbocycles. The molecule has 0 amide bonds. The lowest BCUT2D eigenvalue weighted by molar-refractivity contribution is -0.0227. The van der Waals surface area contributed by atoms with Crippen LogP contribution in [0.4, 0.5) is 11.4 Å². The molecule has 256 valence electrons. The lowest BCUT2D eigenvalue weighted by Crippen LogP contribution is -2.42. The van der Waals surface area contributed by atoms with Crippen molar-refractivity contribution in [2.75, 3.05) is 50.7 Å². The summed E-state index contributed by atoms with van der Waals surface area (Å²) in [4.78, 5) is 4.72. The summed E-state index contributed by atoms with van der Waals surface area (Å²) in [6, 6.07) is 26.6. The molecule has 6 rings (SSSR count). The van der Waals surface area contributed by atoms with E-state index in [2.05, 4.69) is 40.2 Å². The van der Waals surface area contributed by atoms with Gasteiger partial charge in [0.1, 0.15) is 0 Å². The summed E-state index contributed by atoms with van der Waals surface area (Å²) >= 11 is 23.9. The molecule has 4 aromatic rings. The molecule has 0 bridgehead atoms. The van der Waals surface area contributed by atoms with Gasteiger partial charge < -0.3 is 16.6 Å². The number of hydrogen-bond donors (Lipinski definition) is 3. The van der Waals surface area contributed by atoms with Crippen LogP contribution in [0.3, 0.4) is 0 Å². The van der Waals surface area contributed by atoms with Crippen molar-refractivity contribution in [3.05, 3.63) is 146 Å². The quantitative estimate of drug-likeness (QED) is 0.157. The molecule has 0 aromatic heterocycles. The first-order valence-electron chi connectivity index (χ1n) is 16.4. The molecule has 0 aliphatic carbocycles. The molecule has 5 nitrogen and oxygen atoms in total. The molecular weight excluding hydrogens is 694 g/mol. The highest BCUT2D eigenvalue weighted by Gasteiger charge is 2.35. The van der Waals surface area contributed by atoms with Gasteiger partial charge in [-0.25, -0.2) is 0 Å². The van der Waals surface area contributed by atoms with Crippen LogP contribution in [0.5, 0.6) is 0 Å². The summed E-state index contributed by atoms with van der Waals surface area (Å²) in [7, 11) is 0. The zero-order valence-electron chi connectivity index (χ0n) is 27.3. The molecule has 1 saturated heterocycles. The van der Waals surface area contributed by atoms with Gasteiger partial charge in [0.15, 0.2) is 0 Å². The monoisotopic (exact) mass is 734 g/mol. The first-order chi connectivity index (χ1) is 23.6. The summed E-state index contributed by atoms with van der Waals surface area (Å²) in [5.41, 5.74) is 18.0. The van der Waals surface area contributed by atoms with E-state index in [1.165, 1.54) is 11.1 Å². The van der Waals surface area contributed by atoms with Gasteiger partial charge in [-0.1, -0.05) is 101 Å². The first kappa shape index (κ1) is 37.0. The van der Waals surface area contributed by atoms with Gasteiger partial charge in [-0.2, -0.15) is 0 Å². The van der Waals surface area contributed by atoms with E-state index in [1.807, 2.05) is 66.7 Å². The van der Waals surface area contributed by atoms with E-state index in [0.717, 1.165) is 83.1 Å². The van der Waals surface area contributed by atoms with Crippen molar-refractivity contribution in [1.29, 1.82) is 0 Å². The summed E-state index contributed by atoms with van der Waals surface area (Å²) in [6.07, 6.45) is 13.1. The Labute approximate surface area is 310 Å². The number of anilines is 2. The Morgan fingerprint density at radius 2 is 1.14 bits per heavy atom. The Morgan fingerprint density at radius 3 is 1.69 bits per heavy atom. The van der Waals surface area contributed by atoms with Crippen molar-refractivity contribution in [1.82, 2.24) is 9.80 Å². The van der Waals surface area contributed by atoms with Gasteiger partial charge in [-0.05, 0) is 96.6 Å². The van der Waals surface area contributed by atoms with Gasteiger partial charge >= 0.3 is 0 Å². The Hall–Kier alpha value is -3.26. The number of likely N-dealkylation sites (tertiary alicyclic amines) is 1. The highest BCUT2D eigenvalue weighted by Crippen LogP contribution is 2.37. The van der Waals surface area contributed by atoms with Crippen LogP contribution in [0.2, 0.25) is 20.1 Å². The van der Waals surface area contributed by atoms with Crippen LogP contribution in [-0.2, 0) is 5.60 Å². The van der Waals surface area contributed by atoms with Crippen LogP contribution in [0.25, 0.3) is 17.7 Å². The molecule has 1 fully saturated rings. The lowest BCUT2D eigenvalue weighted by atomic mass is 9.83. The van der Waals surface area contributed by atoms with Crippen molar-refractivity contribution in [2.45, 2.75) is 24.9 Å². The van der Waals surface area contributed by atoms with Gasteiger partial charge in [-0.15, -0.1) is 0 Å². The molecule has 4 aromatic carbocycles. The molecule has 9 heteroatoms. The summed E-state index contributed by atoms with van der Waals surface area (Å²) in [5.74, 6) is 0. The van der Waals surface area contributed by atoms with E-state index < -0.39 is 5.60 Å². The Bertz CT molecular complexity index is 1780. The van der Waals surface area contributed by atoms with E-state index in [9.17, 15) is 5.11 Å². The van der Waals surface area contributed by atoms with Crippen molar-refractivity contribution < 1.29 is 5.11 Å². The number of benzene rings is 4. The average molecular weight is 737 g/mol. The standard InChI is InChI=1S/C20H22Cl2N2O.C20H20Cl2N2/c21-16-5-3-15(4-6-16)2-1-11-24-12-9-20(25,10-13-24)18-14-17(22)7-8-19(18)23;21-17-5-3-15(4-6-17)2-1-11-24-12-9-16(10-13-24)19-14-18(22)7-8-20(19)23/h1-8,14,25H,9-13,23H2;1-9,14H,10-13,23H2/b2*2-1+. The third kappa shape index (κ3) is 10.9. The highest BCUT2D eigenvalue weighted by molar-refractivity contribution is 6.31. The average Bonchev–Trinajstić information content (AvgIpc) is 3.10. The van der Waals surface area contributed by atoms with E-state index >= 15 is 0 Å². The van der Waals surface area contributed by atoms with Crippen molar-refractivity contribution in [2.24, 2.45) is 0 Å². The summed E-state index contributed by atoms with van der Waals surface area (Å²) in [5, 5.41) is 13.8. The fourth-order valence-electron chi connectivity index (χ4n) is 6.06. The fourth-order valence-corrected chi connectivity index (χ4v) is 6.65. The molecule has 5 N–H and O–H groups in total. The smallest absolute Gasteiger partial charge is 0.0941 e. The van der Waals surface area contributed by atoms with Crippen LogP contribution in [0.15, 0.2) is 103 Å². The topological polar surface area (TPSA) is 78.8 Å². The minimum Gasteiger partial charge on any atom is -0.398 e. The lowest BCUT2D eigenvalue weighted by Gasteiger charge is -2.38. The molecule has 0 spiro atoms. The number of hydrogen-bond acceptors (Lipinski definition) is 5.